The summed E-state index contributed by atoms with van der Waals surface area (Å²) in [5, 5.41) is 0. The van der Waals surface area contributed by atoms with Crippen LogP contribution in [0.1, 0.15) is 49.9 Å². The summed E-state index contributed by atoms with van der Waals surface area (Å²) in [5.74, 6) is 0.455. The lowest BCUT2D eigenvalue weighted by molar-refractivity contribution is -0.132. The largest absolute Gasteiger partial charge is 0.371 e. The highest BCUT2D eigenvalue weighted by atomic mass is 32.2. The molecule has 0 radical (unpaired) electrons. The zero-order valence-corrected chi connectivity index (χ0v) is 20.5. The van der Waals surface area contributed by atoms with E-state index in [1.807, 2.05) is 4.90 Å². The number of piperazine rings is 1. The molecule has 2 fully saturated rings. The van der Waals surface area contributed by atoms with Gasteiger partial charge in [0.2, 0.25) is 15.9 Å². The molecule has 0 aromatic heterocycles. The molecule has 9 heteroatoms. The molecule has 8 nitrogen and oxygen atoms in total. The van der Waals surface area contributed by atoms with Gasteiger partial charge in [-0.3, -0.25) is 9.59 Å². The molecule has 0 N–H and O–H groups in total. The van der Waals surface area contributed by atoms with E-state index in [4.69, 9.17) is 0 Å². The Balaban J connectivity index is 1.79. The van der Waals surface area contributed by atoms with Crippen molar-refractivity contribution in [1.29, 1.82) is 0 Å². The van der Waals surface area contributed by atoms with E-state index in [0.717, 1.165) is 42.3 Å². The van der Waals surface area contributed by atoms with Crippen molar-refractivity contribution < 1.29 is 18.0 Å². The Bertz CT molecular complexity index is 931. The summed E-state index contributed by atoms with van der Waals surface area (Å²) in [7, 11) is -0.673. The van der Waals surface area contributed by atoms with Crippen LogP contribution in [0.2, 0.25) is 0 Å². The van der Waals surface area contributed by atoms with Gasteiger partial charge in [-0.2, -0.15) is 0 Å². The Morgan fingerprint density at radius 2 is 1.56 bits per heavy atom. The zero-order valence-electron chi connectivity index (χ0n) is 19.7. The van der Waals surface area contributed by atoms with E-state index in [9.17, 15) is 18.0 Å². The number of hydrogen-bond donors (Lipinski definition) is 0. The van der Waals surface area contributed by atoms with Crippen molar-refractivity contribution >= 4 is 27.5 Å². The highest BCUT2D eigenvalue weighted by molar-refractivity contribution is 7.89. The monoisotopic (exact) mass is 464 g/mol. The van der Waals surface area contributed by atoms with Crippen LogP contribution >= 0.6 is 0 Å². The molecular weight excluding hydrogens is 428 g/mol. The highest BCUT2D eigenvalue weighted by Gasteiger charge is 2.29. The molecular formula is C23H36N4O4S. The van der Waals surface area contributed by atoms with E-state index in [1.54, 1.807) is 17.0 Å². The van der Waals surface area contributed by atoms with Crippen LogP contribution in [-0.2, 0) is 14.8 Å². The van der Waals surface area contributed by atoms with Crippen LogP contribution in [0.3, 0.4) is 0 Å². The van der Waals surface area contributed by atoms with Gasteiger partial charge in [0, 0.05) is 65.5 Å². The van der Waals surface area contributed by atoms with E-state index >= 15 is 0 Å². The molecule has 1 aromatic rings. The first kappa shape index (κ1) is 24.5. The van der Waals surface area contributed by atoms with Gasteiger partial charge < -0.3 is 14.7 Å². The Labute approximate surface area is 192 Å². The maximum absolute atomic E-state index is 13.5. The SMILES string of the molecule is CC(C)CCC(=O)N1CCN(C(=O)c2cc(S(=O)(=O)N(C)C)ccc2N2CCCC2)CC1. The van der Waals surface area contributed by atoms with Crippen LogP contribution in [0.15, 0.2) is 23.1 Å². The topological polar surface area (TPSA) is 81.2 Å². The van der Waals surface area contributed by atoms with E-state index in [2.05, 4.69) is 18.7 Å². The average molecular weight is 465 g/mol. The standard InChI is InChI=1S/C23H36N4O4S/c1-18(2)7-10-22(28)26-13-15-27(16-14-26)23(29)20-17-19(32(30,31)24(3)4)8-9-21(20)25-11-5-6-12-25/h8-9,17-18H,5-7,10-16H2,1-4H3. The van der Waals surface area contributed by atoms with Crippen LogP contribution < -0.4 is 4.90 Å². The summed E-state index contributed by atoms with van der Waals surface area (Å²) in [6.07, 6.45) is 3.52. The number of rotatable bonds is 7. The van der Waals surface area contributed by atoms with E-state index < -0.39 is 10.0 Å². The molecule has 178 valence electrons. The number of nitrogens with zero attached hydrogens (tertiary/aromatic N) is 4. The number of amides is 2. The van der Waals surface area contributed by atoms with Crippen molar-refractivity contribution in [2.24, 2.45) is 5.92 Å². The second-order valence-corrected chi connectivity index (χ2v) is 11.4. The van der Waals surface area contributed by atoms with Gasteiger partial charge in [0.15, 0.2) is 0 Å². The average Bonchev–Trinajstić information content (AvgIpc) is 3.31. The maximum Gasteiger partial charge on any atom is 0.256 e. The number of benzene rings is 1. The number of sulfonamides is 1. The third-order valence-corrected chi connectivity index (χ3v) is 8.09. The van der Waals surface area contributed by atoms with E-state index in [-0.39, 0.29) is 16.7 Å². The van der Waals surface area contributed by atoms with Crippen LogP contribution in [-0.4, -0.2) is 87.7 Å². The van der Waals surface area contributed by atoms with E-state index in [0.29, 0.717) is 44.1 Å². The second-order valence-electron chi connectivity index (χ2n) is 9.27. The molecule has 2 aliphatic heterocycles. The first-order chi connectivity index (χ1) is 15.1. The molecule has 0 bridgehead atoms. The van der Waals surface area contributed by atoms with Gasteiger partial charge in [0.05, 0.1) is 10.5 Å². The predicted molar refractivity (Wildman–Crippen MR) is 125 cm³/mol. The fourth-order valence-electron chi connectivity index (χ4n) is 4.19. The van der Waals surface area contributed by atoms with Gasteiger partial charge in [0.1, 0.15) is 0 Å². The molecule has 1 aromatic carbocycles. The molecule has 0 atom stereocenters. The molecule has 32 heavy (non-hydrogen) atoms. The fraction of sp³-hybridized carbons (Fsp3) is 0.652. The maximum atomic E-state index is 13.5. The molecule has 0 saturated carbocycles. The van der Waals surface area contributed by atoms with Crippen LogP contribution in [0.5, 0.6) is 0 Å². The molecule has 0 unspecified atom stereocenters. The zero-order chi connectivity index (χ0) is 23.5. The van der Waals surface area contributed by atoms with Crippen molar-refractivity contribution in [2.75, 3.05) is 58.3 Å². The quantitative estimate of drug-likeness (QED) is 0.618. The summed E-state index contributed by atoms with van der Waals surface area (Å²) >= 11 is 0. The van der Waals surface area contributed by atoms with Gasteiger partial charge >= 0.3 is 0 Å². The molecule has 2 saturated heterocycles. The van der Waals surface area contributed by atoms with Crippen molar-refractivity contribution in [1.82, 2.24) is 14.1 Å². The number of anilines is 1. The Morgan fingerprint density at radius 1 is 0.969 bits per heavy atom. The van der Waals surface area contributed by atoms with Gasteiger partial charge in [-0.25, -0.2) is 12.7 Å². The van der Waals surface area contributed by atoms with Crippen molar-refractivity contribution in [3.63, 3.8) is 0 Å². The molecule has 2 aliphatic rings. The Morgan fingerprint density at radius 3 is 2.12 bits per heavy atom. The number of carbonyl (C=O) groups is 2. The van der Waals surface area contributed by atoms with E-state index in [1.165, 1.54) is 20.2 Å². The fourth-order valence-corrected chi connectivity index (χ4v) is 5.12. The summed E-state index contributed by atoms with van der Waals surface area (Å²) in [4.78, 5) is 31.8. The smallest absolute Gasteiger partial charge is 0.256 e. The second kappa shape index (κ2) is 10.2. The van der Waals surface area contributed by atoms with Gasteiger partial charge in [-0.05, 0) is 43.4 Å². The van der Waals surface area contributed by atoms with Crippen LogP contribution in [0.4, 0.5) is 5.69 Å². The summed E-state index contributed by atoms with van der Waals surface area (Å²) < 4.78 is 26.5. The van der Waals surface area contributed by atoms with Crippen molar-refractivity contribution in [3.05, 3.63) is 23.8 Å². The van der Waals surface area contributed by atoms with Crippen molar-refractivity contribution in [3.8, 4) is 0 Å². The molecule has 3 rings (SSSR count). The molecule has 0 spiro atoms. The lowest BCUT2D eigenvalue weighted by Crippen LogP contribution is -2.50. The summed E-state index contributed by atoms with van der Waals surface area (Å²) in [6, 6.07) is 4.87. The highest BCUT2D eigenvalue weighted by Crippen LogP contribution is 2.29. The summed E-state index contributed by atoms with van der Waals surface area (Å²) in [5.41, 5.74) is 1.22. The Kier molecular flexibility index (Phi) is 7.82. The minimum atomic E-state index is -3.65. The molecule has 2 amide bonds. The minimum Gasteiger partial charge on any atom is -0.371 e. The van der Waals surface area contributed by atoms with Crippen LogP contribution in [0.25, 0.3) is 0 Å². The third kappa shape index (κ3) is 5.43. The summed E-state index contributed by atoms with van der Waals surface area (Å²) in [6.45, 7) is 7.86. The molecule has 0 aliphatic carbocycles. The minimum absolute atomic E-state index is 0.122. The first-order valence-electron chi connectivity index (χ1n) is 11.5. The normalized spacial score (nSPS) is 17.5. The van der Waals surface area contributed by atoms with Gasteiger partial charge in [-0.1, -0.05) is 13.8 Å². The van der Waals surface area contributed by atoms with Crippen LogP contribution in [0, 0.1) is 5.92 Å². The third-order valence-electron chi connectivity index (χ3n) is 6.28. The lowest BCUT2D eigenvalue weighted by atomic mass is 10.1. The van der Waals surface area contributed by atoms with Gasteiger partial charge in [0.25, 0.3) is 5.91 Å². The Hall–Kier alpha value is -2.13. The van der Waals surface area contributed by atoms with Crippen molar-refractivity contribution in [2.45, 2.75) is 44.4 Å². The van der Waals surface area contributed by atoms with Gasteiger partial charge in [-0.15, -0.1) is 0 Å². The number of hydrogen-bond acceptors (Lipinski definition) is 5. The predicted octanol–water partition coefficient (Wildman–Crippen LogP) is 2.26. The molecule has 2 heterocycles. The number of carbonyl (C=O) groups excluding carboxylic acids is 2. The lowest BCUT2D eigenvalue weighted by Gasteiger charge is -2.35. The first-order valence-corrected chi connectivity index (χ1v) is 12.9.